The van der Waals surface area contributed by atoms with Gasteiger partial charge >= 0.3 is 5.97 Å². The molecule has 2 atom stereocenters. The van der Waals surface area contributed by atoms with Crippen LogP contribution in [0.2, 0.25) is 0 Å². The Hall–Kier alpha value is -4.44. The molecule has 0 spiro atoms. The zero-order valence-electron chi connectivity index (χ0n) is 20.1. The Bertz CT molecular complexity index is 1380. The van der Waals surface area contributed by atoms with Gasteiger partial charge in [0.05, 0.1) is 0 Å². The number of nitrogens with one attached hydrogen (secondary N) is 1. The molecule has 36 heavy (non-hydrogen) atoms. The van der Waals surface area contributed by atoms with E-state index in [2.05, 4.69) is 5.32 Å². The first-order valence-electron chi connectivity index (χ1n) is 12.0. The van der Waals surface area contributed by atoms with E-state index in [0.29, 0.717) is 11.3 Å². The standard InChI is InChI=1S/C32H27NO3/c1-23-17-19-25(20-18-23)28-21-29(26-13-7-3-8-14-26)36-31(35)32(28,22-24-11-5-2-6-12-24)33-30(34)27-15-9-4-10-16-27/h2-21,28H,22H2,1H3,(H,33,34)/t28-,32+/m1/s1. The summed E-state index contributed by atoms with van der Waals surface area (Å²) in [4.78, 5) is 27.5. The SMILES string of the molecule is Cc1ccc([C@H]2C=C(c3ccccc3)OC(=O)[C@@]2(Cc2ccccc2)NC(=O)c2ccccc2)cc1. The molecule has 4 aromatic rings. The minimum absolute atomic E-state index is 0.280. The summed E-state index contributed by atoms with van der Waals surface area (Å²) in [5.41, 5.74) is 2.92. The number of esters is 1. The summed E-state index contributed by atoms with van der Waals surface area (Å²) < 4.78 is 5.98. The zero-order valence-corrected chi connectivity index (χ0v) is 20.1. The predicted molar refractivity (Wildman–Crippen MR) is 141 cm³/mol. The molecular formula is C32H27NO3. The van der Waals surface area contributed by atoms with Crippen molar-refractivity contribution in [3.63, 3.8) is 0 Å². The highest BCUT2D eigenvalue weighted by Crippen LogP contribution is 2.41. The van der Waals surface area contributed by atoms with E-state index in [1.165, 1.54) is 0 Å². The average Bonchev–Trinajstić information content (AvgIpc) is 2.92. The highest BCUT2D eigenvalue weighted by Gasteiger charge is 2.51. The molecule has 0 fully saturated rings. The Balaban J connectivity index is 1.68. The summed E-state index contributed by atoms with van der Waals surface area (Å²) in [5.74, 6) is -0.772. The monoisotopic (exact) mass is 473 g/mol. The topological polar surface area (TPSA) is 55.4 Å². The normalized spacial score (nSPS) is 19.2. The maximum absolute atomic E-state index is 14.0. The number of hydrogen-bond donors (Lipinski definition) is 1. The van der Waals surface area contributed by atoms with E-state index in [1.54, 1.807) is 12.1 Å². The molecule has 0 saturated heterocycles. The van der Waals surface area contributed by atoms with E-state index < -0.39 is 17.4 Å². The molecule has 1 heterocycles. The van der Waals surface area contributed by atoms with Crippen LogP contribution in [-0.4, -0.2) is 17.4 Å². The number of carbonyl (C=O) groups is 2. The molecule has 178 valence electrons. The molecule has 0 unspecified atom stereocenters. The maximum Gasteiger partial charge on any atom is 0.338 e. The Morgan fingerprint density at radius 2 is 1.39 bits per heavy atom. The second kappa shape index (κ2) is 10.0. The van der Waals surface area contributed by atoms with Crippen LogP contribution >= 0.6 is 0 Å². The van der Waals surface area contributed by atoms with Gasteiger partial charge in [-0.15, -0.1) is 0 Å². The van der Waals surface area contributed by atoms with E-state index in [4.69, 9.17) is 4.74 Å². The summed E-state index contributed by atoms with van der Waals surface area (Å²) in [6.07, 6.45) is 2.25. The molecule has 0 aliphatic carbocycles. The molecule has 1 N–H and O–H groups in total. The summed E-state index contributed by atoms with van der Waals surface area (Å²) in [7, 11) is 0. The first kappa shape index (κ1) is 23.3. The van der Waals surface area contributed by atoms with E-state index >= 15 is 0 Å². The van der Waals surface area contributed by atoms with E-state index in [1.807, 2.05) is 116 Å². The third-order valence-corrected chi connectivity index (χ3v) is 6.61. The molecule has 1 aliphatic heterocycles. The minimum Gasteiger partial charge on any atom is -0.424 e. The number of hydrogen-bond acceptors (Lipinski definition) is 3. The fraction of sp³-hybridized carbons (Fsp3) is 0.125. The van der Waals surface area contributed by atoms with Crippen LogP contribution in [0.25, 0.3) is 5.76 Å². The quantitative estimate of drug-likeness (QED) is 0.345. The Morgan fingerprint density at radius 3 is 2.03 bits per heavy atom. The number of carbonyl (C=O) groups excluding carboxylic acids is 2. The molecule has 0 saturated carbocycles. The average molecular weight is 474 g/mol. The number of benzene rings is 4. The number of ether oxygens (including phenoxy) is 1. The molecule has 0 aromatic heterocycles. The number of rotatable bonds is 6. The Kier molecular flexibility index (Phi) is 6.50. The van der Waals surface area contributed by atoms with Crippen LogP contribution in [0.5, 0.6) is 0 Å². The zero-order chi connectivity index (χ0) is 25.0. The van der Waals surface area contributed by atoms with Crippen molar-refractivity contribution in [2.75, 3.05) is 0 Å². The van der Waals surface area contributed by atoms with Gasteiger partial charge in [0.15, 0.2) is 5.54 Å². The van der Waals surface area contributed by atoms with Gasteiger partial charge in [-0.05, 0) is 36.3 Å². The van der Waals surface area contributed by atoms with E-state index in [9.17, 15) is 9.59 Å². The van der Waals surface area contributed by atoms with Gasteiger partial charge in [-0.25, -0.2) is 4.79 Å². The summed E-state index contributed by atoms with van der Waals surface area (Å²) in [6.45, 7) is 2.03. The van der Waals surface area contributed by atoms with Gasteiger partial charge in [0.2, 0.25) is 0 Å². The lowest BCUT2D eigenvalue weighted by atomic mass is 9.73. The Morgan fingerprint density at radius 1 is 0.806 bits per heavy atom. The predicted octanol–water partition coefficient (Wildman–Crippen LogP) is 6.09. The van der Waals surface area contributed by atoms with Gasteiger partial charge in [0.1, 0.15) is 5.76 Å². The largest absolute Gasteiger partial charge is 0.424 e. The molecule has 4 heteroatoms. The van der Waals surface area contributed by atoms with Crippen molar-refractivity contribution in [2.24, 2.45) is 0 Å². The fourth-order valence-corrected chi connectivity index (χ4v) is 4.69. The lowest BCUT2D eigenvalue weighted by Gasteiger charge is -2.41. The van der Waals surface area contributed by atoms with Crippen molar-refractivity contribution in [2.45, 2.75) is 24.8 Å². The van der Waals surface area contributed by atoms with Crippen molar-refractivity contribution >= 4 is 17.6 Å². The Labute approximate surface area is 211 Å². The van der Waals surface area contributed by atoms with Crippen LogP contribution in [0, 0.1) is 6.92 Å². The summed E-state index contributed by atoms with van der Waals surface area (Å²) in [6, 6.07) is 36.3. The van der Waals surface area contributed by atoms with E-state index in [-0.39, 0.29) is 12.3 Å². The van der Waals surface area contributed by atoms with Crippen LogP contribution in [0.1, 0.15) is 38.5 Å². The van der Waals surface area contributed by atoms with Crippen LogP contribution in [0.4, 0.5) is 0 Å². The third kappa shape index (κ3) is 4.71. The van der Waals surface area contributed by atoms with Crippen molar-refractivity contribution in [1.82, 2.24) is 5.32 Å². The lowest BCUT2D eigenvalue weighted by Crippen LogP contribution is -2.61. The molecule has 4 aromatic carbocycles. The fourth-order valence-electron chi connectivity index (χ4n) is 4.69. The van der Waals surface area contributed by atoms with E-state index in [0.717, 1.165) is 22.3 Å². The second-order valence-electron chi connectivity index (χ2n) is 9.13. The van der Waals surface area contributed by atoms with Gasteiger partial charge in [-0.1, -0.05) is 109 Å². The second-order valence-corrected chi connectivity index (χ2v) is 9.13. The number of amides is 1. The van der Waals surface area contributed by atoms with Gasteiger partial charge < -0.3 is 10.1 Å². The summed E-state index contributed by atoms with van der Waals surface area (Å²) >= 11 is 0. The minimum atomic E-state index is -1.35. The van der Waals surface area contributed by atoms with Crippen molar-refractivity contribution in [3.8, 4) is 0 Å². The molecule has 1 aliphatic rings. The maximum atomic E-state index is 14.0. The molecule has 5 rings (SSSR count). The smallest absolute Gasteiger partial charge is 0.338 e. The highest BCUT2D eigenvalue weighted by molar-refractivity contribution is 6.00. The van der Waals surface area contributed by atoms with Gasteiger partial charge in [-0.3, -0.25) is 4.79 Å². The van der Waals surface area contributed by atoms with Gasteiger partial charge in [0, 0.05) is 23.5 Å². The van der Waals surface area contributed by atoms with Crippen LogP contribution < -0.4 is 5.32 Å². The third-order valence-electron chi connectivity index (χ3n) is 6.61. The molecular weight excluding hydrogens is 446 g/mol. The van der Waals surface area contributed by atoms with Crippen molar-refractivity contribution in [1.29, 1.82) is 0 Å². The van der Waals surface area contributed by atoms with Crippen molar-refractivity contribution in [3.05, 3.63) is 149 Å². The van der Waals surface area contributed by atoms with Crippen LogP contribution in [0.3, 0.4) is 0 Å². The van der Waals surface area contributed by atoms with Gasteiger partial charge in [0.25, 0.3) is 5.91 Å². The first-order valence-corrected chi connectivity index (χ1v) is 12.0. The van der Waals surface area contributed by atoms with Crippen LogP contribution in [-0.2, 0) is 16.0 Å². The van der Waals surface area contributed by atoms with Crippen LogP contribution in [0.15, 0.2) is 121 Å². The van der Waals surface area contributed by atoms with Gasteiger partial charge in [-0.2, -0.15) is 0 Å². The molecule has 1 amide bonds. The van der Waals surface area contributed by atoms with Crippen molar-refractivity contribution < 1.29 is 14.3 Å². The lowest BCUT2D eigenvalue weighted by molar-refractivity contribution is -0.145. The number of aryl methyl sites for hydroxylation is 1. The highest BCUT2D eigenvalue weighted by atomic mass is 16.5. The number of cyclic esters (lactones) is 1. The summed E-state index contributed by atoms with van der Waals surface area (Å²) in [5, 5.41) is 3.12. The molecule has 0 radical (unpaired) electrons. The molecule has 4 nitrogen and oxygen atoms in total. The molecule has 0 bridgehead atoms. The first-order chi connectivity index (χ1) is 17.5.